The lowest BCUT2D eigenvalue weighted by molar-refractivity contribution is -0.141. The third kappa shape index (κ3) is 5.52. The maximum Gasteiger partial charge on any atom is 0.247 e. The number of fused-ring (bicyclic) bond motifs is 1. The van der Waals surface area contributed by atoms with Crippen LogP contribution in [0.1, 0.15) is 42.5 Å². The Labute approximate surface area is 194 Å². The van der Waals surface area contributed by atoms with Crippen molar-refractivity contribution in [3.63, 3.8) is 0 Å². The molecular weight excluding hydrogens is 416 g/mol. The fourth-order valence-electron chi connectivity index (χ4n) is 3.91. The second kappa shape index (κ2) is 10.7. The van der Waals surface area contributed by atoms with E-state index in [9.17, 15) is 9.59 Å². The number of amides is 2. The molecule has 2 amide bonds. The standard InChI is InChI=1S/C27H28N2O4/c1-2-9-25(30)29(18-20-10-5-3-6-11-20)26(22-12-7-4-8-13-22)27(31)28-17-21-14-15-23-24(16-21)33-19-32-23/h3-8,10-16,26H,2,9,17-19H2,1H3,(H,28,31)/t26-/m1/s1. The molecule has 0 aliphatic carbocycles. The van der Waals surface area contributed by atoms with Gasteiger partial charge in [-0.2, -0.15) is 0 Å². The molecule has 3 aromatic carbocycles. The molecule has 0 bridgehead atoms. The lowest BCUT2D eigenvalue weighted by atomic mass is 10.0. The average Bonchev–Trinajstić information content (AvgIpc) is 3.32. The summed E-state index contributed by atoms with van der Waals surface area (Å²) in [4.78, 5) is 28.4. The second-order valence-corrected chi connectivity index (χ2v) is 7.98. The number of carbonyl (C=O) groups is 2. The third-order valence-corrected chi connectivity index (χ3v) is 5.56. The normalized spacial score (nSPS) is 12.8. The van der Waals surface area contributed by atoms with Crippen LogP contribution in [0.4, 0.5) is 0 Å². The summed E-state index contributed by atoms with van der Waals surface area (Å²) in [6.07, 6.45) is 1.09. The second-order valence-electron chi connectivity index (χ2n) is 7.98. The molecule has 1 aliphatic rings. The predicted molar refractivity (Wildman–Crippen MR) is 125 cm³/mol. The van der Waals surface area contributed by atoms with E-state index in [1.807, 2.05) is 85.8 Å². The van der Waals surface area contributed by atoms with Crippen molar-refractivity contribution in [2.45, 2.75) is 38.9 Å². The highest BCUT2D eigenvalue weighted by Gasteiger charge is 2.31. The van der Waals surface area contributed by atoms with Gasteiger partial charge < -0.3 is 19.7 Å². The molecule has 0 saturated carbocycles. The van der Waals surface area contributed by atoms with Crippen LogP contribution in [-0.2, 0) is 22.7 Å². The third-order valence-electron chi connectivity index (χ3n) is 5.56. The molecule has 33 heavy (non-hydrogen) atoms. The molecule has 4 rings (SSSR count). The summed E-state index contributed by atoms with van der Waals surface area (Å²) < 4.78 is 10.8. The summed E-state index contributed by atoms with van der Waals surface area (Å²) in [5.41, 5.74) is 2.65. The van der Waals surface area contributed by atoms with Crippen molar-refractivity contribution in [1.29, 1.82) is 0 Å². The van der Waals surface area contributed by atoms with Gasteiger partial charge in [0, 0.05) is 19.5 Å². The van der Waals surface area contributed by atoms with Crippen LogP contribution in [0, 0.1) is 0 Å². The SMILES string of the molecule is CCCC(=O)N(Cc1ccccc1)[C@@H](C(=O)NCc1ccc2c(c1)OCO2)c1ccccc1. The molecule has 1 N–H and O–H groups in total. The molecule has 1 atom stereocenters. The summed E-state index contributed by atoms with van der Waals surface area (Å²) in [5, 5.41) is 3.02. The molecule has 1 heterocycles. The van der Waals surface area contributed by atoms with Gasteiger partial charge in [-0.1, -0.05) is 73.7 Å². The van der Waals surface area contributed by atoms with Crippen LogP contribution in [0.3, 0.4) is 0 Å². The topological polar surface area (TPSA) is 67.9 Å². The lowest BCUT2D eigenvalue weighted by Crippen LogP contribution is -2.43. The van der Waals surface area contributed by atoms with Gasteiger partial charge >= 0.3 is 0 Å². The van der Waals surface area contributed by atoms with E-state index in [0.717, 1.165) is 16.7 Å². The zero-order valence-electron chi connectivity index (χ0n) is 18.7. The first-order chi connectivity index (χ1) is 16.2. The minimum Gasteiger partial charge on any atom is -0.454 e. The minimum absolute atomic E-state index is 0.0477. The van der Waals surface area contributed by atoms with Crippen molar-refractivity contribution in [2.75, 3.05) is 6.79 Å². The van der Waals surface area contributed by atoms with Crippen LogP contribution in [0.25, 0.3) is 0 Å². The highest BCUT2D eigenvalue weighted by molar-refractivity contribution is 5.88. The van der Waals surface area contributed by atoms with Crippen molar-refractivity contribution in [1.82, 2.24) is 10.2 Å². The van der Waals surface area contributed by atoms with E-state index in [1.165, 1.54) is 0 Å². The number of benzene rings is 3. The Kier molecular flexibility index (Phi) is 7.25. The number of rotatable bonds is 9. The first-order valence-electron chi connectivity index (χ1n) is 11.2. The largest absolute Gasteiger partial charge is 0.454 e. The first kappa shape index (κ1) is 22.4. The van der Waals surface area contributed by atoms with Gasteiger partial charge in [0.1, 0.15) is 6.04 Å². The molecule has 170 valence electrons. The van der Waals surface area contributed by atoms with E-state index in [2.05, 4.69) is 5.32 Å². The maximum absolute atomic E-state index is 13.5. The van der Waals surface area contributed by atoms with E-state index in [0.29, 0.717) is 37.4 Å². The Morgan fingerprint density at radius 2 is 1.61 bits per heavy atom. The number of hydrogen-bond donors (Lipinski definition) is 1. The van der Waals surface area contributed by atoms with Gasteiger partial charge in [-0.05, 0) is 35.2 Å². The molecule has 0 fully saturated rings. The Morgan fingerprint density at radius 3 is 2.33 bits per heavy atom. The number of hydrogen-bond acceptors (Lipinski definition) is 4. The number of nitrogens with zero attached hydrogens (tertiary/aromatic N) is 1. The highest BCUT2D eigenvalue weighted by atomic mass is 16.7. The van der Waals surface area contributed by atoms with Gasteiger partial charge in [-0.3, -0.25) is 9.59 Å². The number of nitrogens with one attached hydrogen (secondary N) is 1. The molecule has 1 aliphatic heterocycles. The van der Waals surface area contributed by atoms with Gasteiger partial charge in [-0.15, -0.1) is 0 Å². The Morgan fingerprint density at radius 1 is 0.909 bits per heavy atom. The zero-order valence-corrected chi connectivity index (χ0v) is 18.7. The lowest BCUT2D eigenvalue weighted by Gasteiger charge is -2.31. The molecule has 0 spiro atoms. The zero-order chi connectivity index (χ0) is 23.0. The molecular formula is C27H28N2O4. The van der Waals surface area contributed by atoms with Crippen LogP contribution >= 0.6 is 0 Å². The number of ether oxygens (including phenoxy) is 2. The predicted octanol–water partition coefficient (Wildman–Crippen LogP) is 4.60. The van der Waals surface area contributed by atoms with Crippen LogP contribution in [0.2, 0.25) is 0 Å². The molecule has 0 radical (unpaired) electrons. The Hall–Kier alpha value is -3.80. The molecule has 6 nitrogen and oxygen atoms in total. The van der Waals surface area contributed by atoms with Gasteiger partial charge in [0.2, 0.25) is 18.6 Å². The van der Waals surface area contributed by atoms with E-state index >= 15 is 0 Å². The Balaban J connectivity index is 1.59. The molecule has 3 aromatic rings. The first-order valence-corrected chi connectivity index (χ1v) is 11.2. The molecule has 0 unspecified atom stereocenters. The van der Waals surface area contributed by atoms with Crippen LogP contribution < -0.4 is 14.8 Å². The average molecular weight is 445 g/mol. The minimum atomic E-state index is -0.737. The monoisotopic (exact) mass is 444 g/mol. The van der Waals surface area contributed by atoms with E-state index in [4.69, 9.17) is 9.47 Å². The van der Waals surface area contributed by atoms with Crippen molar-refractivity contribution < 1.29 is 19.1 Å². The van der Waals surface area contributed by atoms with Crippen molar-refractivity contribution in [3.8, 4) is 11.5 Å². The fraction of sp³-hybridized carbons (Fsp3) is 0.259. The summed E-state index contributed by atoms with van der Waals surface area (Å²) in [6, 6.07) is 24.1. The maximum atomic E-state index is 13.5. The highest BCUT2D eigenvalue weighted by Crippen LogP contribution is 2.32. The van der Waals surface area contributed by atoms with E-state index in [-0.39, 0.29) is 18.6 Å². The van der Waals surface area contributed by atoms with Gasteiger partial charge in [0.05, 0.1) is 0 Å². The Bertz CT molecular complexity index is 1090. The molecule has 6 heteroatoms. The van der Waals surface area contributed by atoms with Gasteiger partial charge in [0.15, 0.2) is 11.5 Å². The van der Waals surface area contributed by atoms with Crippen LogP contribution in [-0.4, -0.2) is 23.5 Å². The molecule has 0 saturated heterocycles. The van der Waals surface area contributed by atoms with Crippen LogP contribution in [0.5, 0.6) is 11.5 Å². The fourth-order valence-corrected chi connectivity index (χ4v) is 3.91. The van der Waals surface area contributed by atoms with E-state index in [1.54, 1.807) is 4.90 Å². The quantitative estimate of drug-likeness (QED) is 0.524. The van der Waals surface area contributed by atoms with Crippen molar-refractivity contribution in [2.24, 2.45) is 0 Å². The smallest absolute Gasteiger partial charge is 0.247 e. The summed E-state index contributed by atoms with van der Waals surface area (Å²) in [7, 11) is 0. The van der Waals surface area contributed by atoms with Crippen LogP contribution in [0.15, 0.2) is 78.9 Å². The molecule has 0 aromatic heterocycles. The van der Waals surface area contributed by atoms with Gasteiger partial charge in [-0.25, -0.2) is 0 Å². The summed E-state index contributed by atoms with van der Waals surface area (Å²) in [5.74, 6) is 1.10. The summed E-state index contributed by atoms with van der Waals surface area (Å²) in [6.45, 7) is 2.85. The van der Waals surface area contributed by atoms with Crippen molar-refractivity contribution in [3.05, 3.63) is 95.6 Å². The van der Waals surface area contributed by atoms with Crippen molar-refractivity contribution >= 4 is 11.8 Å². The summed E-state index contributed by atoms with van der Waals surface area (Å²) >= 11 is 0. The van der Waals surface area contributed by atoms with E-state index < -0.39 is 6.04 Å². The number of carbonyl (C=O) groups excluding carboxylic acids is 2. The van der Waals surface area contributed by atoms with Gasteiger partial charge in [0.25, 0.3) is 0 Å².